The number of nitriles is 1. The number of esters is 1. The summed E-state index contributed by atoms with van der Waals surface area (Å²) in [5, 5.41) is 9.72. The van der Waals surface area contributed by atoms with Crippen LogP contribution in [0.4, 0.5) is 8.78 Å². The highest BCUT2D eigenvalue weighted by Crippen LogP contribution is 2.43. The summed E-state index contributed by atoms with van der Waals surface area (Å²) in [5.74, 6) is -2.18. The van der Waals surface area contributed by atoms with Gasteiger partial charge in [0.15, 0.2) is 11.5 Å². The van der Waals surface area contributed by atoms with Gasteiger partial charge >= 0.3 is 12.6 Å². The quantitative estimate of drug-likeness (QED) is 0.597. The zero-order valence-electron chi connectivity index (χ0n) is 13.8. The lowest BCUT2D eigenvalue weighted by Crippen LogP contribution is -2.40. The number of carbonyl (C=O) groups is 2. The van der Waals surface area contributed by atoms with Crippen LogP contribution in [0.2, 0.25) is 0 Å². The summed E-state index contributed by atoms with van der Waals surface area (Å²) in [7, 11) is 2.47. The first kappa shape index (κ1) is 18.6. The van der Waals surface area contributed by atoms with E-state index in [1.54, 1.807) is 6.07 Å². The molecule has 0 spiro atoms. The van der Waals surface area contributed by atoms with Crippen molar-refractivity contribution in [3.8, 4) is 17.6 Å². The molecule has 0 radical (unpaired) electrons. The molecule has 2 atom stereocenters. The van der Waals surface area contributed by atoms with Gasteiger partial charge in [-0.1, -0.05) is 6.07 Å². The molecule has 0 heterocycles. The van der Waals surface area contributed by atoms with Crippen LogP contribution in [0.1, 0.15) is 24.8 Å². The van der Waals surface area contributed by atoms with Crippen molar-refractivity contribution in [1.29, 1.82) is 5.26 Å². The van der Waals surface area contributed by atoms with Crippen molar-refractivity contribution in [3.05, 3.63) is 23.8 Å². The number of Topliss-reactive ketones (excluding diaryl/α,β-unsaturated/α-hetero) is 1. The molecule has 25 heavy (non-hydrogen) atoms. The van der Waals surface area contributed by atoms with Crippen LogP contribution in [-0.4, -0.2) is 32.6 Å². The third-order valence-corrected chi connectivity index (χ3v) is 4.37. The van der Waals surface area contributed by atoms with Gasteiger partial charge in [0.1, 0.15) is 11.7 Å². The molecular weight excluding hydrogens is 336 g/mol. The summed E-state index contributed by atoms with van der Waals surface area (Å²) >= 11 is 0. The number of methoxy groups -OCH3 is 2. The first-order valence-electron chi connectivity index (χ1n) is 7.52. The second kappa shape index (κ2) is 7.47. The van der Waals surface area contributed by atoms with Crippen molar-refractivity contribution >= 4 is 11.8 Å². The van der Waals surface area contributed by atoms with Crippen LogP contribution < -0.4 is 9.47 Å². The Bertz CT molecular complexity index is 707. The van der Waals surface area contributed by atoms with Gasteiger partial charge in [-0.2, -0.15) is 14.0 Å². The second-order valence-corrected chi connectivity index (χ2v) is 5.68. The molecule has 1 aliphatic rings. The van der Waals surface area contributed by atoms with Gasteiger partial charge in [-0.05, 0) is 30.5 Å². The molecule has 1 aromatic carbocycles. The minimum atomic E-state index is -3.06. The highest BCUT2D eigenvalue weighted by molar-refractivity contribution is 6.00. The second-order valence-electron chi connectivity index (χ2n) is 5.68. The molecule has 6 nitrogen and oxygen atoms in total. The Hall–Kier alpha value is -2.69. The summed E-state index contributed by atoms with van der Waals surface area (Å²) in [6, 6.07) is 6.39. The highest BCUT2D eigenvalue weighted by atomic mass is 19.3. The predicted octanol–water partition coefficient (Wildman–Crippen LogP) is 2.60. The number of nitrogens with zero attached hydrogens (tertiary/aromatic N) is 1. The molecule has 1 fully saturated rings. The molecule has 2 unspecified atom stereocenters. The minimum absolute atomic E-state index is 0.0182. The number of hydrogen-bond acceptors (Lipinski definition) is 6. The first-order valence-corrected chi connectivity index (χ1v) is 7.52. The summed E-state index contributed by atoms with van der Waals surface area (Å²) in [4.78, 5) is 23.8. The molecule has 0 saturated heterocycles. The van der Waals surface area contributed by atoms with Gasteiger partial charge in [0.2, 0.25) is 0 Å². The van der Waals surface area contributed by atoms with E-state index in [-0.39, 0.29) is 36.5 Å². The predicted molar refractivity (Wildman–Crippen MR) is 81.3 cm³/mol. The largest absolute Gasteiger partial charge is 0.493 e. The molecule has 0 aliphatic heterocycles. The Labute approximate surface area is 143 Å². The fourth-order valence-electron chi connectivity index (χ4n) is 3.02. The van der Waals surface area contributed by atoms with Crippen LogP contribution >= 0.6 is 0 Å². The maximum Gasteiger partial charge on any atom is 0.387 e. The van der Waals surface area contributed by atoms with Crippen molar-refractivity contribution in [2.24, 2.45) is 5.92 Å². The van der Waals surface area contributed by atoms with E-state index in [9.17, 15) is 23.6 Å². The average Bonchev–Trinajstić information content (AvgIpc) is 2.61. The third kappa shape index (κ3) is 3.71. The van der Waals surface area contributed by atoms with Gasteiger partial charge in [0.25, 0.3) is 0 Å². The minimum Gasteiger partial charge on any atom is -0.493 e. The zero-order valence-corrected chi connectivity index (χ0v) is 13.8. The number of ether oxygens (including phenoxy) is 3. The molecule has 0 amide bonds. The topological polar surface area (TPSA) is 85.6 Å². The van der Waals surface area contributed by atoms with Gasteiger partial charge in [-0.3, -0.25) is 9.59 Å². The monoisotopic (exact) mass is 353 g/mol. The van der Waals surface area contributed by atoms with Crippen molar-refractivity contribution in [3.63, 3.8) is 0 Å². The summed E-state index contributed by atoms with van der Waals surface area (Å²) in [6.45, 7) is -3.06. The maximum absolute atomic E-state index is 12.6. The van der Waals surface area contributed by atoms with Gasteiger partial charge in [-0.15, -0.1) is 0 Å². The summed E-state index contributed by atoms with van der Waals surface area (Å²) < 4.78 is 39.3. The van der Waals surface area contributed by atoms with Crippen molar-refractivity contribution in [2.75, 3.05) is 14.2 Å². The smallest absolute Gasteiger partial charge is 0.387 e. The fraction of sp³-hybridized carbons (Fsp3) is 0.471. The molecule has 1 aromatic rings. The summed E-state index contributed by atoms with van der Waals surface area (Å²) in [5.41, 5.74) is -0.799. The number of ketones is 1. The van der Waals surface area contributed by atoms with Crippen molar-refractivity contribution in [2.45, 2.75) is 31.3 Å². The summed E-state index contributed by atoms with van der Waals surface area (Å²) in [6.07, 6.45) is 0.121. The lowest BCUT2D eigenvalue weighted by Gasteiger charge is -2.34. The lowest BCUT2D eigenvalue weighted by molar-refractivity contribution is -0.151. The number of carbonyl (C=O) groups excluding carboxylic acids is 2. The normalized spacial score (nSPS) is 23.0. The molecule has 0 aromatic heterocycles. The molecule has 1 aliphatic carbocycles. The van der Waals surface area contributed by atoms with Crippen molar-refractivity contribution < 1.29 is 32.6 Å². The number of benzene rings is 1. The number of rotatable bonds is 5. The molecule has 1 saturated carbocycles. The standard InChI is InChI=1S/C17H17F2NO5/c1-23-13-4-3-10(7-14(13)25-16(18)19)17(9-20)6-5-12(21)11(8-17)15(22)24-2/h3-4,7,11,16H,5-6,8H2,1-2H3. The van der Waals surface area contributed by atoms with E-state index in [0.29, 0.717) is 5.56 Å². The van der Waals surface area contributed by atoms with E-state index >= 15 is 0 Å². The van der Waals surface area contributed by atoms with E-state index in [4.69, 9.17) is 4.74 Å². The first-order chi connectivity index (χ1) is 11.9. The van der Waals surface area contributed by atoms with E-state index in [2.05, 4.69) is 15.5 Å². The van der Waals surface area contributed by atoms with E-state index < -0.39 is 23.9 Å². The van der Waals surface area contributed by atoms with Gasteiger partial charge < -0.3 is 14.2 Å². The van der Waals surface area contributed by atoms with Crippen LogP contribution in [0.5, 0.6) is 11.5 Å². The SMILES string of the molecule is COC(=O)C1CC(C#N)(c2ccc(OC)c(OC(F)F)c2)CCC1=O. The molecule has 134 valence electrons. The van der Waals surface area contributed by atoms with Gasteiger partial charge in [-0.25, -0.2) is 0 Å². The lowest BCUT2D eigenvalue weighted by atomic mass is 9.66. The Balaban J connectivity index is 2.44. The van der Waals surface area contributed by atoms with E-state index in [1.165, 1.54) is 26.4 Å². The molecule has 0 bridgehead atoms. The van der Waals surface area contributed by atoms with Crippen LogP contribution in [0.25, 0.3) is 0 Å². The Kier molecular flexibility index (Phi) is 5.57. The molecule has 2 rings (SSSR count). The van der Waals surface area contributed by atoms with E-state index in [0.717, 1.165) is 0 Å². The zero-order chi connectivity index (χ0) is 18.6. The van der Waals surface area contributed by atoms with Crippen LogP contribution in [0, 0.1) is 17.2 Å². The molecule has 8 heteroatoms. The Morgan fingerprint density at radius 3 is 2.64 bits per heavy atom. The fourth-order valence-corrected chi connectivity index (χ4v) is 3.02. The molecular formula is C17H17F2NO5. The van der Waals surface area contributed by atoms with E-state index in [1.807, 2.05) is 0 Å². The molecule has 0 N–H and O–H groups in total. The van der Waals surface area contributed by atoms with Crippen LogP contribution in [0.15, 0.2) is 18.2 Å². The number of hydrogen-bond donors (Lipinski definition) is 0. The third-order valence-electron chi connectivity index (χ3n) is 4.37. The van der Waals surface area contributed by atoms with Crippen LogP contribution in [0.3, 0.4) is 0 Å². The maximum atomic E-state index is 12.6. The van der Waals surface area contributed by atoms with Gasteiger partial charge in [0.05, 0.1) is 25.7 Å². The van der Waals surface area contributed by atoms with Gasteiger partial charge in [0, 0.05) is 6.42 Å². The number of alkyl halides is 2. The Morgan fingerprint density at radius 2 is 2.08 bits per heavy atom. The van der Waals surface area contributed by atoms with Crippen molar-refractivity contribution in [1.82, 2.24) is 0 Å². The average molecular weight is 353 g/mol. The number of halogens is 2. The van der Waals surface area contributed by atoms with Crippen LogP contribution in [-0.2, 0) is 19.7 Å². The highest BCUT2D eigenvalue weighted by Gasteiger charge is 2.45. The Morgan fingerprint density at radius 1 is 1.36 bits per heavy atom.